The van der Waals surface area contributed by atoms with Gasteiger partial charge < -0.3 is 19.3 Å². The summed E-state index contributed by atoms with van der Waals surface area (Å²) in [6, 6.07) is 5.48. The highest BCUT2D eigenvalue weighted by Gasteiger charge is 2.43. The van der Waals surface area contributed by atoms with Gasteiger partial charge in [-0.3, -0.25) is 15.0 Å². The van der Waals surface area contributed by atoms with E-state index in [0.717, 1.165) is 0 Å². The van der Waals surface area contributed by atoms with Gasteiger partial charge in [0.25, 0.3) is 5.69 Å². The molecule has 2 aliphatic rings. The molecule has 1 aromatic rings. The zero-order chi connectivity index (χ0) is 18.7. The number of aliphatic hydroxyl groups excluding tert-OH is 1. The summed E-state index contributed by atoms with van der Waals surface area (Å²) in [7, 11) is 0. The van der Waals surface area contributed by atoms with Gasteiger partial charge in [0.05, 0.1) is 24.2 Å². The molecule has 142 valence electrons. The molecule has 2 heterocycles. The predicted octanol–water partition coefficient (Wildman–Crippen LogP) is 1.34. The Bertz CT molecular complexity index is 657. The zero-order valence-electron chi connectivity index (χ0n) is 13.9. The highest BCUT2D eigenvalue weighted by Crippen LogP contribution is 2.30. The monoisotopic (exact) mass is 384 g/mol. The topological polar surface area (TPSA) is 111 Å². The number of amides is 1. The van der Waals surface area contributed by atoms with E-state index in [2.05, 4.69) is 12.6 Å². The maximum atomic E-state index is 12.5. The molecule has 10 heteroatoms. The minimum Gasteiger partial charge on any atom is -0.445 e. The lowest BCUT2D eigenvalue weighted by atomic mass is 10.2. The third-order valence-electron chi connectivity index (χ3n) is 4.36. The molecule has 0 spiro atoms. The third-order valence-corrected chi connectivity index (χ3v) is 4.73. The molecule has 0 radical (unpaired) electrons. The van der Waals surface area contributed by atoms with Crippen molar-refractivity contribution in [3.63, 3.8) is 0 Å². The van der Waals surface area contributed by atoms with Crippen molar-refractivity contribution in [2.75, 3.05) is 19.8 Å². The highest BCUT2D eigenvalue weighted by atomic mass is 32.1. The Balaban J connectivity index is 1.58. The Hall–Kier alpha value is -1.88. The first-order valence-electron chi connectivity index (χ1n) is 8.20. The van der Waals surface area contributed by atoms with E-state index in [-0.39, 0.29) is 36.8 Å². The van der Waals surface area contributed by atoms with Crippen LogP contribution in [0.3, 0.4) is 0 Å². The summed E-state index contributed by atoms with van der Waals surface area (Å²) >= 11 is 4.44. The van der Waals surface area contributed by atoms with Crippen molar-refractivity contribution in [2.24, 2.45) is 0 Å². The Morgan fingerprint density at radius 1 is 1.42 bits per heavy atom. The first kappa shape index (κ1) is 18.9. The van der Waals surface area contributed by atoms with Crippen LogP contribution in [0.5, 0.6) is 0 Å². The summed E-state index contributed by atoms with van der Waals surface area (Å²) in [6.45, 7) is 0.543. The molecule has 0 aliphatic carbocycles. The van der Waals surface area contributed by atoms with Crippen LogP contribution in [0.25, 0.3) is 0 Å². The van der Waals surface area contributed by atoms with E-state index in [0.29, 0.717) is 18.5 Å². The number of nitro groups is 1. The SMILES string of the molecule is O=C(OCc1ccc([N+](=O)[O-])cc1)N1C[C@@H](S)C[C@H]1C1OCC(CO)O1. The van der Waals surface area contributed by atoms with Crippen molar-refractivity contribution in [1.29, 1.82) is 0 Å². The Labute approximate surface area is 155 Å². The molecular weight excluding hydrogens is 364 g/mol. The minimum absolute atomic E-state index is 0.00291. The second-order valence-electron chi connectivity index (χ2n) is 6.23. The normalized spacial score (nSPS) is 28.3. The van der Waals surface area contributed by atoms with Crippen LogP contribution in [0.15, 0.2) is 24.3 Å². The van der Waals surface area contributed by atoms with E-state index in [4.69, 9.17) is 19.3 Å². The molecule has 1 N–H and O–H groups in total. The molecule has 0 bridgehead atoms. The van der Waals surface area contributed by atoms with Crippen molar-refractivity contribution in [3.05, 3.63) is 39.9 Å². The maximum Gasteiger partial charge on any atom is 0.410 e. The Morgan fingerprint density at radius 3 is 2.77 bits per heavy atom. The summed E-state index contributed by atoms with van der Waals surface area (Å²) < 4.78 is 16.5. The number of nitrogens with zero attached hydrogens (tertiary/aromatic N) is 2. The average Bonchev–Trinajstić information content (AvgIpc) is 3.26. The summed E-state index contributed by atoms with van der Waals surface area (Å²) in [4.78, 5) is 24.1. The number of nitro benzene ring substituents is 1. The number of rotatable bonds is 5. The van der Waals surface area contributed by atoms with Gasteiger partial charge >= 0.3 is 6.09 Å². The molecule has 2 saturated heterocycles. The van der Waals surface area contributed by atoms with E-state index >= 15 is 0 Å². The number of thiol groups is 1. The van der Waals surface area contributed by atoms with E-state index < -0.39 is 23.4 Å². The summed E-state index contributed by atoms with van der Waals surface area (Å²) in [5.41, 5.74) is 0.627. The van der Waals surface area contributed by atoms with Gasteiger partial charge in [0.1, 0.15) is 12.7 Å². The quantitative estimate of drug-likeness (QED) is 0.448. The summed E-state index contributed by atoms with van der Waals surface area (Å²) in [5.74, 6) is 0. The van der Waals surface area contributed by atoms with Crippen LogP contribution in [0.1, 0.15) is 12.0 Å². The number of carbonyl (C=O) groups is 1. The molecule has 2 fully saturated rings. The minimum atomic E-state index is -0.615. The number of benzene rings is 1. The fourth-order valence-electron chi connectivity index (χ4n) is 3.02. The number of aliphatic hydroxyl groups is 1. The Morgan fingerprint density at radius 2 is 2.15 bits per heavy atom. The van der Waals surface area contributed by atoms with E-state index in [1.807, 2.05) is 0 Å². The van der Waals surface area contributed by atoms with Gasteiger partial charge in [0.2, 0.25) is 0 Å². The van der Waals surface area contributed by atoms with Crippen LogP contribution in [0, 0.1) is 10.1 Å². The van der Waals surface area contributed by atoms with E-state index in [1.165, 1.54) is 17.0 Å². The average molecular weight is 384 g/mol. The molecule has 4 atom stereocenters. The first-order valence-corrected chi connectivity index (χ1v) is 8.72. The molecular formula is C16H20N2O7S. The molecule has 9 nitrogen and oxygen atoms in total. The molecule has 0 saturated carbocycles. The molecule has 26 heavy (non-hydrogen) atoms. The second kappa shape index (κ2) is 8.21. The van der Waals surface area contributed by atoms with Crippen LogP contribution in [-0.2, 0) is 20.8 Å². The van der Waals surface area contributed by atoms with E-state index in [9.17, 15) is 14.9 Å². The van der Waals surface area contributed by atoms with E-state index in [1.54, 1.807) is 12.1 Å². The van der Waals surface area contributed by atoms with Gasteiger partial charge in [-0.05, 0) is 24.1 Å². The highest BCUT2D eigenvalue weighted by molar-refractivity contribution is 7.81. The molecule has 1 amide bonds. The van der Waals surface area contributed by atoms with Crippen LogP contribution in [-0.4, -0.2) is 64.5 Å². The fraction of sp³-hybridized carbons (Fsp3) is 0.562. The molecule has 3 rings (SSSR count). The second-order valence-corrected chi connectivity index (χ2v) is 6.96. The standard InChI is InChI=1S/C16H20N2O7S/c19-7-12-9-23-15(25-12)14-5-13(26)6-17(14)16(20)24-8-10-1-3-11(4-2-10)18(21)22/h1-4,12-15,19,26H,5-9H2/t12?,13-,14-,15?/m0/s1. The number of ether oxygens (including phenoxy) is 3. The summed E-state index contributed by atoms with van der Waals surface area (Å²) in [5, 5.41) is 19.8. The van der Waals surface area contributed by atoms with Gasteiger partial charge in [-0.1, -0.05) is 0 Å². The number of carbonyl (C=O) groups excluding carboxylic acids is 1. The lowest BCUT2D eigenvalue weighted by Crippen LogP contribution is -2.43. The number of hydrogen-bond acceptors (Lipinski definition) is 8. The lowest BCUT2D eigenvalue weighted by molar-refractivity contribution is -0.384. The molecule has 2 unspecified atom stereocenters. The van der Waals surface area contributed by atoms with Crippen molar-refractivity contribution < 1.29 is 29.0 Å². The van der Waals surface area contributed by atoms with Gasteiger partial charge in [-0.2, -0.15) is 12.6 Å². The van der Waals surface area contributed by atoms with Gasteiger partial charge in [0, 0.05) is 23.9 Å². The van der Waals surface area contributed by atoms with Crippen molar-refractivity contribution in [1.82, 2.24) is 4.90 Å². The van der Waals surface area contributed by atoms with Crippen LogP contribution >= 0.6 is 12.6 Å². The van der Waals surface area contributed by atoms with Crippen LogP contribution in [0.4, 0.5) is 10.5 Å². The molecule has 0 aromatic heterocycles. The smallest absolute Gasteiger partial charge is 0.410 e. The van der Waals surface area contributed by atoms with Gasteiger partial charge in [-0.25, -0.2) is 4.79 Å². The number of hydrogen-bond donors (Lipinski definition) is 2. The number of likely N-dealkylation sites (tertiary alicyclic amines) is 1. The fourth-order valence-corrected chi connectivity index (χ4v) is 3.41. The van der Waals surface area contributed by atoms with Crippen molar-refractivity contribution in [3.8, 4) is 0 Å². The van der Waals surface area contributed by atoms with Crippen LogP contribution in [0.2, 0.25) is 0 Å². The van der Waals surface area contributed by atoms with Crippen molar-refractivity contribution in [2.45, 2.75) is 36.7 Å². The third kappa shape index (κ3) is 4.26. The van der Waals surface area contributed by atoms with Crippen molar-refractivity contribution >= 4 is 24.4 Å². The number of non-ortho nitro benzene ring substituents is 1. The zero-order valence-corrected chi connectivity index (χ0v) is 14.8. The van der Waals surface area contributed by atoms with Gasteiger partial charge in [0.15, 0.2) is 6.29 Å². The predicted molar refractivity (Wildman–Crippen MR) is 92.9 cm³/mol. The maximum absolute atomic E-state index is 12.5. The lowest BCUT2D eigenvalue weighted by Gasteiger charge is -2.27. The summed E-state index contributed by atoms with van der Waals surface area (Å²) in [6.07, 6.45) is -0.934. The largest absolute Gasteiger partial charge is 0.445 e. The van der Waals surface area contributed by atoms with Gasteiger partial charge in [-0.15, -0.1) is 0 Å². The Kier molecular flexibility index (Phi) is 5.97. The first-order chi connectivity index (χ1) is 12.5. The molecule has 1 aromatic carbocycles. The van der Waals surface area contributed by atoms with Crippen LogP contribution < -0.4 is 0 Å². The molecule has 2 aliphatic heterocycles.